The van der Waals surface area contributed by atoms with Crippen molar-refractivity contribution in [3.63, 3.8) is 0 Å². The Labute approximate surface area is 106 Å². The van der Waals surface area contributed by atoms with E-state index in [1.807, 2.05) is 37.3 Å². The number of sulfonamides is 1. The molecule has 0 saturated carbocycles. The van der Waals surface area contributed by atoms with Crippen LogP contribution in [0.5, 0.6) is 0 Å². The van der Waals surface area contributed by atoms with Gasteiger partial charge in [0.25, 0.3) is 0 Å². The van der Waals surface area contributed by atoms with E-state index in [0.29, 0.717) is 5.82 Å². The summed E-state index contributed by atoms with van der Waals surface area (Å²) in [4.78, 5) is 4.45. The van der Waals surface area contributed by atoms with E-state index in [0.717, 1.165) is 16.5 Å². The molecule has 0 aliphatic heterocycles. The van der Waals surface area contributed by atoms with Crippen LogP contribution in [0.4, 0.5) is 5.82 Å². The van der Waals surface area contributed by atoms with Crippen LogP contribution in [-0.2, 0) is 10.0 Å². The predicted octanol–water partition coefficient (Wildman–Crippen LogP) is 1.24. The quantitative estimate of drug-likeness (QED) is 0.871. The molecule has 0 radical (unpaired) electrons. The van der Waals surface area contributed by atoms with Crippen LogP contribution in [0.3, 0.4) is 0 Å². The summed E-state index contributed by atoms with van der Waals surface area (Å²) in [5.74, 6) is 0.582. The van der Waals surface area contributed by atoms with Crippen LogP contribution in [0.15, 0.2) is 30.3 Å². The van der Waals surface area contributed by atoms with Crippen LogP contribution in [-0.4, -0.2) is 25.7 Å². The first-order chi connectivity index (χ1) is 8.46. The summed E-state index contributed by atoms with van der Waals surface area (Å²) in [6.07, 6.45) is 0. The van der Waals surface area contributed by atoms with Crippen LogP contribution in [0.25, 0.3) is 10.9 Å². The third-order valence-electron chi connectivity index (χ3n) is 2.59. The van der Waals surface area contributed by atoms with Gasteiger partial charge < -0.3 is 5.32 Å². The summed E-state index contributed by atoms with van der Waals surface area (Å²) in [7, 11) is -3.44. The fraction of sp³-hybridized carbons (Fsp3) is 0.250. The SMILES string of the molecule is Cc1cc2ccccc2nc1NCCS(N)(=O)=O. The van der Waals surface area contributed by atoms with Gasteiger partial charge in [-0.25, -0.2) is 18.5 Å². The summed E-state index contributed by atoms with van der Waals surface area (Å²) >= 11 is 0. The fourth-order valence-electron chi connectivity index (χ4n) is 1.71. The Morgan fingerprint density at radius 3 is 2.78 bits per heavy atom. The Balaban J connectivity index is 2.20. The zero-order valence-corrected chi connectivity index (χ0v) is 10.9. The molecule has 3 N–H and O–H groups in total. The highest BCUT2D eigenvalue weighted by Crippen LogP contribution is 2.19. The molecule has 18 heavy (non-hydrogen) atoms. The van der Waals surface area contributed by atoms with Crippen molar-refractivity contribution >= 4 is 26.7 Å². The molecule has 0 bridgehead atoms. The van der Waals surface area contributed by atoms with Gasteiger partial charge in [-0.05, 0) is 24.6 Å². The van der Waals surface area contributed by atoms with Crippen LogP contribution >= 0.6 is 0 Å². The average Bonchev–Trinajstić information content (AvgIpc) is 2.28. The number of nitrogens with zero attached hydrogens (tertiary/aromatic N) is 1. The molecule has 0 fully saturated rings. The number of rotatable bonds is 4. The van der Waals surface area contributed by atoms with E-state index < -0.39 is 10.0 Å². The van der Waals surface area contributed by atoms with E-state index in [-0.39, 0.29) is 12.3 Å². The van der Waals surface area contributed by atoms with Crippen molar-refractivity contribution in [3.8, 4) is 0 Å². The number of fused-ring (bicyclic) bond motifs is 1. The van der Waals surface area contributed by atoms with Crippen LogP contribution in [0.2, 0.25) is 0 Å². The number of para-hydroxylation sites is 1. The highest BCUT2D eigenvalue weighted by atomic mass is 32.2. The van der Waals surface area contributed by atoms with Gasteiger partial charge in [-0.15, -0.1) is 0 Å². The van der Waals surface area contributed by atoms with Crippen LogP contribution in [0, 0.1) is 6.92 Å². The number of primary sulfonamides is 1. The molecule has 96 valence electrons. The Bertz CT molecular complexity index is 668. The van der Waals surface area contributed by atoms with E-state index >= 15 is 0 Å². The normalized spacial score (nSPS) is 11.7. The van der Waals surface area contributed by atoms with Gasteiger partial charge >= 0.3 is 0 Å². The van der Waals surface area contributed by atoms with Crippen molar-refractivity contribution in [2.45, 2.75) is 6.92 Å². The first-order valence-electron chi connectivity index (χ1n) is 5.56. The molecular weight excluding hydrogens is 250 g/mol. The number of anilines is 1. The van der Waals surface area contributed by atoms with E-state index in [2.05, 4.69) is 10.3 Å². The van der Waals surface area contributed by atoms with Crippen molar-refractivity contribution in [2.24, 2.45) is 5.14 Å². The Hall–Kier alpha value is -1.66. The van der Waals surface area contributed by atoms with Gasteiger partial charge in [-0.3, -0.25) is 0 Å². The topological polar surface area (TPSA) is 85.1 Å². The minimum atomic E-state index is -3.44. The molecule has 1 heterocycles. The van der Waals surface area contributed by atoms with E-state index in [1.54, 1.807) is 0 Å². The second-order valence-electron chi connectivity index (χ2n) is 4.14. The van der Waals surface area contributed by atoms with Gasteiger partial charge in [0.2, 0.25) is 10.0 Å². The molecule has 1 aromatic carbocycles. The average molecular weight is 265 g/mol. The molecule has 0 saturated heterocycles. The Morgan fingerprint density at radius 1 is 1.33 bits per heavy atom. The van der Waals surface area contributed by atoms with Crippen molar-refractivity contribution in [3.05, 3.63) is 35.9 Å². The summed E-state index contributed by atoms with van der Waals surface area (Å²) in [5, 5.41) is 8.99. The lowest BCUT2D eigenvalue weighted by Crippen LogP contribution is -2.22. The molecule has 0 spiro atoms. The van der Waals surface area contributed by atoms with Crippen LogP contribution in [0.1, 0.15) is 5.56 Å². The summed E-state index contributed by atoms with van der Waals surface area (Å²) in [5.41, 5.74) is 1.85. The van der Waals surface area contributed by atoms with Crippen LogP contribution < -0.4 is 10.5 Å². The third kappa shape index (κ3) is 3.18. The number of nitrogens with two attached hydrogens (primary N) is 1. The molecule has 0 aliphatic rings. The third-order valence-corrected chi connectivity index (χ3v) is 3.37. The Kier molecular flexibility index (Phi) is 3.49. The second-order valence-corrected chi connectivity index (χ2v) is 5.87. The minimum Gasteiger partial charge on any atom is -0.369 e. The number of benzene rings is 1. The van der Waals surface area contributed by atoms with Crippen molar-refractivity contribution in [1.29, 1.82) is 0 Å². The first kappa shape index (κ1) is 12.8. The molecule has 0 unspecified atom stereocenters. The molecule has 2 rings (SSSR count). The second kappa shape index (κ2) is 4.91. The molecule has 1 aromatic heterocycles. The maximum absolute atomic E-state index is 10.8. The van der Waals surface area contributed by atoms with Crippen molar-refractivity contribution in [1.82, 2.24) is 4.98 Å². The summed E-state index contributed by atoms with van der Waals surface area (Å²) in [6.45, 7) is 2.18. The van der Waals surface area contributed by atoms with Crippen molar-refractivity contribution < 1.29 is 8.42 Å². The van der Waals surface area contributed by atoms with Gasteiger partial charge in [-0.2, -0.15) is 0 Å². The predicted molar refractivity (Wildman–Crippen MR) is 72.9 cm³/mol. The van der Waals surface area contributed by atoms with E-state index in [4.69, 9.17) is 5.14 Å². The van der Waals surface area contributed by atoms with Gasteiger partial charge in [0.05, 0.1) is 11.3 Å². The molecule has 5 nitrogen and oxygen atoms in total. The number of nitrogens with one attached hydrogen (secondary N) is 1. The van der Waals surface area contributed by atoms with Gasteiger partial charge in [0, 0.05) is 11.9 Å². The molecule has 2 aromatic rings. The lowest BCUT2D eigenvalue weighted by molar-refractivity contribution is 0.598. The zero-order chi connectivity index (χ0) is 13.2. The number of hydrogen-bond donors (Lipinski definition) is 2. The van der Waals surface area contributed by atoms with E-state index in [9.17, 15) is 8.42 Å². The molecule has 0 amide bonds. The maximum atomic E-state index is 10.8. The molecular formula is C12H15N3O2S. The maximum Gasteiger partial charge on any atom is 0.210 e. The number of hydrogen-bond acceptors (Lipinski definition) is 4. The largest absolute Gasteiger partial charge is 0.369 e. The molecule has 0 aliphatic carbocycles. The highest BCUT2D eigenvalue weighted by molar-refractivity contribution is 7.89. The Morgan fingerprint density at radius 2 is 2.06 bits per heavy atom. The van der Waals surface area contributed by atoms with Gasteiger partial charge in [0.1, 0.15) is 5.82 Å². The van der Waals surface area contributed by atoms with Crippen molar-refractivity contribution in [2.75, 3.05) is 17.6 Å². The molecule has 0 atom stereocenters. The summed E-state index contributed by atoms with van der Waals surface area (Å²) < 4.78 is 21.7. The number of aromatic nitrogens is 1. The fourth-order valence-corrected chi connectivity index (χ4v) is 2.10. The monoisotopic (exact) mass is 265 g/mol. The zero-order valence-electron chi connectivity index (χ0n) is 10.1. The molecule has 6 heteroatoms. The van der Waals surface area contributed by atoms with E-state index in [1.165, 1.54) is 0 Å². The smallest absolute Gasteiger partial charge is 0.210 e. The number of pyridine rings is 1. The summed E-state index contributed by atoms with van der Waals surface area (Å²) in [6, 6.07) is 9.79. The van der Waals surface area contributed by atoms with Gasteiger partial charge in [-0.1, -0.05) is 18.2 Å². The van der Waals surface area contributed by atoms with Gasteiger partial charge in [0.15, 0.2) is 0 Å². The lowest BCUT2D eigenvalue weighted by atomic mass is 10.1. The highest BCUT2D eigenvalue weighted by Gasteiger charge is 2.05. The standard InChI is InChI=1S/C12H15N3O2S/c1-9-8-10-4-2-3-5-11(10)15-12(9)14-6-7-18(13,16)17/h2-5,8H,6-7H2,1H3,(H,14,15)(H2,13,16,17). The minimum absolute atomic E-state index is 0.110. The first-order valence-corrected chi connectivity index (χ1v) is 7.28. The number of aryl methyl sites for hydroxylation is 1. The lowest BCUT2D eigenvalue weighted by Gasteiger charge is -2.09.